The number of hydrogen-bond acceptors (Lipinski definition) is 2. The van der Waals surface area contributed by atoms with Crippen molar-refractivity contribution < 1.29 is 10.1 Å². The van der Waals surface area contributed by atoms with Gasteiger partial charge in [0.05, 0.1) is 0 Å². The summed E-state index contributed by atoms with van der Waals surface area (Å²) in [4.78, 5) is 4.30. The monoisotopic (exact) mass is 194 g/mol. The molecule has 0 heterocycles. The van der Waals surface area contributed by atoms with Crippen LogP contribution < -0.4 is 0 Å². The maximum atomic E-state index is 8.56. The van der Waals surface area contributed by atoms with Gasteiger partial charge >= 0.3 is 0 Å². The first kappa shape index (κ1) is 11.2. The van der Waals surface area contributed by atoms with Gasteiger partial charge in [-0.1, -0.05) is 37.6 Å². The molecule has 0 aliphatic carbocycles. The first-order valence-corrected chi connectivity index (χ1v) is 5.17. The van der Waals surface area contributed by atoms with Crippen LogP contribution in [-0.2, 0) is 11.3 Å². The minimum atomic E-state index is -0.239. The smallest absolute Gasteiger partial charge is 0.115 e. The van der Waals surface area contributed by atoms with Gasteiger partial charge in [-0.15, -0.1) is 0 Å². The predicted octanol–water partition coefficient (Wildman–Crippen LogP) is 3.58. The number of unbranched alkanes of at least 4 members (excludes halogenated alkanes) is 1. The molecular weight excluding hydrogens is 176 g/mol. The largest absolute Gasteiger partial charge is 0.251 e. The Morgan fingerprint density at radius 1 is 1.43 bits per heavy atom. The fourth-order valence-corrected chi connectivity index (χ4v) is 1.44. The van der Waals surface area contributed by atoms with Crippen molar-refractivity contribution >= 4 is 0 Å². The van der Waals surface area contributed by atoms with Crippen LogP contribution in [0.4, 0.5) is 0 Å². The lowest BCUT2D eigenvalue weighted by atomic mass is 10.0. The van der Waals surface area contributed by atoms with Crippen molar-refractivity contribution in [1.29, 1.82) is 0 Å². The van der Waals surface area contributed by atoms with E-state index in [1.807, 2.05) is 19.1 Å². The van der Waals surface area contributed by atoms with Gasteiger partial charge in [0.25, 0.3) is 0 Å². The molecule has 1 aromatic rings. The Bertz CT molecular complexity index is 271. The van der Waals surface area contributed by atoms with Crippen molar-refractivity contribution in [3.63, 3.8) is 0 Å². The van der Waals surface area contributed by atoms with Gasteiger partial charge in [0, 0.05) is 0 Å². The topological polar surface area (TPSA) is 29.5 Å². The van der Waals surface area contributed by atoms with Crippen LogP contribution in [0.1, 0.15) is 43.9 Å². The van der Waals surface area contributed by atoms with Gasteiger partial charge in [-0.25, -0.2) is 4.89 Å². The minimum Gasteiger partial charge on any atom is -0.251 e. The van der Waals surface area contributed by atoms with E-state index in [1.54, 1.807) is 0 Å². The summed E-state index contributed by atoms with van der Waals surface area (Å²) in [5.41, 5.74) is 2.34. The molecule has 2 heteroatoms. The van der Waals surface area contributed by atoms with E-state index in [-0.39, 0.29) is 6.10 Å². The number of aryl methyl sites for hydroxylation is 1. The zero-order valence-electron chi connectivity index (χ0n) is 8.86. The molecule has 1 aromatic carbocycles. The molecule has 0 spiro atoms. The van der Waals surface area contributed by atoms with Gasteiger partial charge < -0.3 is 0 Å². The Morgan fingerprint density at radius 2 is 2.21 bits per heavy atom. The third-order valence-electron chi connectivity index (χ3n) is 2.40. The predicted molar refractivity (Wildman–Crippen MR) is 57.2 cm³/mol. The van der Waals surface area contributed by atoms with Gasteiger partial charge in [-0.2, -0.15) is 0 Å². The lowest BCUT2D eigenvalue weighted by molar-refractivity contribution is -0.277. The zero-order valence-corrected chi connectivity index (χ0v) is 8.86. The summed E-state index contributed by atoms with van der Waals surface area (Å²) >= 11 is 0. The molecule has 0 aliphatic rings. The van der Waals surface area contributed by atoms with Crippen LogP contribution in [0.3, 0.4) is 0 Å². The molecular formula is C12H18O2. The molecule has 0 radical (unpaired) electrons. The maximum absolute atomic E-state index is 8.56. The summed E-state index contributed by atoms with van der Waals surface area (Å²) in [6, 6.07) is 8.19. The third kappa shape index (κ3) is 3.13. The van der Waals surface area contributed by atoms with Crippen molar-refractivity contribution in [2.45, 2.75) is 39.2 Å². The standard InChI is InChI=1S/C12H18O2/c1-3-4-6-11-7-5-8-12(9-11)10(2)14-13/h5,7-10,13H,3-4,6H2,1-2H3. The first-order chi connectivity index (χ1) is 6.77. The van der Waals surface area contributed by atoms with E-state index in [9.17, 15) is 0 Å². The molecule has 14 heavy (non-hydrogen) atoms. The molecule has 0 saturated heterocycles. The highest BCUT2D eigenvalue weighted by molar-refractivity contribution is 5.25. The van der Waals surface area contributed by atoms with E-state index in [4.69, 9.17) is 5.26 Å². The van der Waals surface area contributed by atoms with Crippen molar-refractivity contribution in [3.05, 3.63) is 35.4 Å². The number of benzene rings is 1. The summed E-state index contributed by atoms with van der Waals surface area (Å²) < 4.78 is 0. The molecule has 0 bridgehead atoms. The second kappa shape index (κ2) is 5.78. The van der Waals surface area contributed by atoms with E-state index in [0.717, 1.165) is 12.0 Å². The Kier molecular flexibility index (Phi) is 4.63. The summed E-state index contributed by atoms with van der Waals surface area (Å²) in [5, 5.41) is 8.56. The van der Waals surface area contributed by atoms with Crippen LogP contribution in [0.25, 0.3) is 0 Å². The Hall–Kier alpha value is -0.860. The molecule has 1 atom stereocenters. The molecule has 0 saturated carbocycles. The van der Waals surface area contributed by atoms with E-state index in [0.29, 0.717) is 0 Å². The Morgan fingerprint density at radius 3 is 2.86 bits per heavy atom. The highest BCUT2D eigenvalue weighted by Crippen LogP contribution is 2.17. The minimum absolute atomic E-state index is 0.239. The molecule has 2 nitrogen and oxygen atoms in total. The number of hydrogen-bond donors (Lipinski definition) is 1. The van der Waals surface area contributed by atoms with Crippen LogP contribution >= 0.6 is 0 Å². The molecule has 0 aromatic heterocycles. The molecule has 1 rings (SSSR count). The SMILES string of the molecule is CCCCc1cccc(C(C)OO)c1. The lowest BCUT2D eigenvalue weighted by Crippen LogP contribution is -1.97. The van der Waals surface area contributed by atoms with E-state index < -0.39 is 0 Å². The lowest BCUT2D eigenvalue weighted by Gasteiger charge is -2.09. The number of rotatable bonds is 5. The Balaban J connectivity index is 2.68. The first-order valence-electron chi connectivity index (χ1n) is 5.17. The van der Waals surface area contributed by atoms with Crippen LogP contribution in [0.15, 0.2) is 24.3 Å². The average molecular weight is 194 g/mol. The van der Waals surface area contributed by atoms with Crippen LogP contribution in [0, 0.1) is 0 Å². The molecule has 0 amide bonds. The van der Waals surface area contributed by atoms with E-state index in [1.165, 1.54) is 18.4 Å². The molecule has 0 fully saturated rings. The van der Waals surface area contributed by atoms with E-state index in [2.05, 4.69) is 23.9 Å². The molecule has 1 unspecified atom stereocenters. The highest BCUT2D eigenvalue weighted by Gasteiger charge is 2.05. The summed E-state index contributed by atoms with van der Waals surface area (Å²) in [5.74, 6) is 0. The summed E-state index contributed by atoms with van der Waals surface area (Å²) in [6.45, 7) is 4.02. The van der Waals surface area contributed by atoms with Gasteiger partial charge in [0.15, 0.2) is 0 Å². The van der Waals surface area contributed by atoms with Gasteiger partial charge in [-0.3, -0.25) is 5.26 Å². The van der Waals surface area contributed by atoms with Gasteiger partial charge in [0.2, 0.25) is 0 Å². The summed E-state index contributed by atoms with van der Waals surface area (Å²) in [6.07, 6.45) is 3.27. The summed E-state index contributed by atoms with van der Waals surface area (Å²) in [7, 11) is 0. The highest BCUT2D eigenvalue weighted by atomic mass is 17.1. The second-order valence-corrected chi connectivity index (χ2v) is 3.60. The third-order valence-corrected chi connectivity index (χ3v) is 2.40. The van der Waals surface area contributed by atoms with Crippen molar-refractivity contribution in [2.75, 3.05) is 0 Å². The average Bonchev–Trinajstić information content (AvgIpc) is 2.25. The van der Waals surface area contributed by atoms with Crippen molar-refractivity contribution in [2.24, 2.45) is 0 Å². The van der Waals surface area contributed by atoms with Gasteiger partial charge in [0.1, 0.15) is 6.10 Å². The molecule has 1 N–H and O–H groups in total. The maximum Gasteiger partial charge on any atom is 0.115 e. The van der Waals surface area contributed by atoms with Crippen molar-refractivity contribution in [1.82, 2.24) is 0 Å². The quantitative estimate of drug-likeness (QED) is 0.573. The van der Waals surface area contributed by atoms with Crippen molar-refractivity contribution in [3.8, 4) is 0 Å². The van der Waals surface area contributed by atoms with Gasteiger partial charge in [-0.05, 0) is 30.9 Å². The fourth-order valence-electron chi connectivity index (χ4n) is 1.44. The van der Waals surface area contributed by atoms with Crippen LogP contribution in [-0.4, -0.2) is 5.26 Å². The normalized spacial score (nSPS) is 12.8. The Labute approximate surface area is 85.5 Å². The van der Waals surface area contributed by atoms with Crippen LogP contribution in [0.2, 0.25) is 0 Å². The fraction of sp³-hybridized carbons (Fsp3) is 0.500. The van der Waals surface area contributed by atoms with Crippen LogP contribution in [0.5, 0.6) is 0 Å². The zero-order chi connectivity index (χ0) is 10.4. The van der Waals surface area contributed by atoms with E-state index >= 15 is 0 Å². The molecule has 78 valence electrons. The molecule has 0 aliphatic heterocycles. The second-order valence-electron chi connectivity index (χ2n) is 3.60.